The molecule has 2 aromatic rings. The maximum atomic E-state index is 12.6. The zero-order valence-corrected chi connectivity index (χ0v) is 12.6. The van der Waals surface area contributed by atoms with Crippen molar-refractivity contribution in [2.45, 2.75) is 6.18 Å². The second-order valence-electron chi connectivity index (χ2n) is 4.24. The van der Waals surface area contributed by atoms with E-state index < -0.39 is 17.7 Å². The van der Waals surface area contributed by atoms with Gasteiger partial charge in [0.05, 0.1) is 23.4 Å². The molecule has 0 radical (unpaired) electrons. The van der Waals surface area contributed by atoms with Crippen LogP contribution in [0.25, 0.3) is 11.3 Å². The Morgan fingerprint density at radius 3 is 2.41 bits per heavy atom. The first-order valence-electron chi connectivity index (χ1n) is 5.85. The van der Waals surface area contributed by atoms with Crippen molar-refractivity contribution in [1.29, 1.82) is 0 Å². The molecule has 0 saturated heterocycles. The van der Waals surface area contributed by atoms with Gasteiger partial charge < -0.3 is 4.74 Å². The van der Waals surface area contributed by atoms with Crippen molar-refractivity contribution in [3.05, 3.63) is 51.6 Å². The molecule has 0 aliphatic carbocycles. The molecule has 1 aromatic carbocycles. The molecule has 3 nitrogen and oxygen atoms in total. The highest BCUT2D eigenvalue weighted by atomic mass is 35.5. The fourth-order valence-corrected chi connectivity index (χ4v) is 2.23. The lowest BCUT2D eigenvalue weighted by molar-refractivity contribution is -0.137. The Kier molecular flexibility index (Phi) is 4.63. The second-order valence-corrected chi connectivity index (χ2v) is 5.08. The highest BCUT2D eigenvalue weighted by molar-refractivity contribution is 6.34. The van der Waals surface area contributed by atoms with E-state index in [1.165, 1.54) is 25.3 Å². The Morgan fingerprint density at radius 1 is 1.18 bits per heavy atom. The maximum absolute atomic E-state index is 12.6. The van der Waals surface area contributed by atoms with Crippen LogP contribution < -0.4 is 0 Å². The lowest BCUT2D eigenvalue weighted by atomic mass is 10.1. The summed E-state index contributed by atoms with van der Waals surface area (Å²) in [5, 5.41) is 0.0294. The minimum Gasteiger partial charge on any atom is -0.464 e. The van der Waals surface area contributed by atoms with Gasteiger partial charge in [0.15, 0.2) is 5.69 Å². The topological polar surface area (TPSA) is 39.2 Å². The van der Waals surface area contributed by atoms with E-state index in [9.17, 15) is 18.0 Å². The molecule has 0 bridgehead atoms. The van der Waals surface area contributed by atoms with Gasteiger partial charge in [-0.3, -0.25) is 0 Å². The number of benzene rings is 1. The first kappa shape index (κ1) is 16.6. The molecule has 0 atom stereocenters. The molecular formula is C14H8Cl2F3NO2. The number of carbonyl (C=O) groups is 1. The van der Waals surface area contributed by atoms with Crippen molar-refractivity contribution >= 4 is 29.2 Å². The number of methoxy groups -OCH3 is 1. The average molecular weight is 350 g/mol. The monoisotopic (exact) mass is 349 g/mol. The number of rotatable bonds is 2. The summed E-state index contributed by atoms with van der Waals surface area (Å²) >= 11 is 11.8. The number of aromatic nitrogens is 1. The van der Waals surface area contributed by atoms with Crippen LogP contribution in [-0.2, 0) is 10.9 Å². The third kappa shape index (κ3) is 3.51. The largest absolute Gasteiger partial charge is 0.464 e. The number of ether oxygens (including phenoxy) is 1. The summed E-state index contributed by atoms with van der Waals surface area (Å²) in [7, 11) is 1.18. The first-order chi connectivity index (χ1) is 10.2. The number of hydrogen-bond acceptors (Lipinski definition) is 3. The lowest BCUT2D eigenvalue weighted by Crippen LogP contribution is -2.06. The fourth-order valence-electron chi connectivity index (χ4n) is 1.74. The molecule has 2 rings (SSSR count). The minimum atomic E-state index is -4.50. The van der Waals surface area contributed by atoms with E-state index in [4.69, 9.17) is 23.2 Å². The molecule has 0 aliphatic rings. The Hall–Kier alpha value is -1.79. The molecule has 22 heavy (non-hydrogen) atoms. The molecular weight excluding hydrogens is 342 g/mol. The van der Waals surface area contributed by atoms with Crippen LogP contribution in [0, 0.1) is 0 Å². The molecule has 0 N–H and O–H groups in total. The molecule has 116 valence electrons. The van der Waals surface area contributed by atoms with Crippen molar-refractivity contribution in [3.8, 4) is 11.3 Å². The fraction of sp³-hybridized carbons (Fsp3) is 0.143. The Morgan fingerprint density at radius 2 is 1.86 bits per heavy atom. The third-order valence-corrected chi connectivity index (χ3v) is 3.29. The van der Waals surface area contributed by atoms with E-state index in [0.29, 0.717) is 0 Å². The van der Waals surface area contributed by atoms with E-state index in [1.807, 2.05) is 0 Å². The second kappa shape index (κ2) is 6.14. The van der Waals surface area contributed by atoms with Gasteiger partial charge in [-0.1, -0.05) is 29.3 Å². The molecule has 0 amide bonds. The Labute approximate surface area is 133 Å². The van der Waals surface area contributed by atoms with Crippen LogP contribution in [0.1, 0.15) is 16.1 Å². The number of halogens is 5. The van der Waals surface area contributed by atoms with Gasteiger partial charge in [-0.2, -0.15) is 13.2 Å². The van der Waals surface area contributed by atoms with E-state index in [2.05, 4.69) is 9.72 Å². The SMILES string of the molecule is COC(=O)c1cc(Cl)cc(-c2ccc(C(F)(F)F)cc2Cl)n1. The van der Waals surface area contributed by atoms with E-state index in [-0.39, 0.29) is 27.0 Å². The van der Waals surface area contributed by atoms with Crippen molar-refractivity contribution < 1.29 is 22.7 Å². The number of pyridine rings is 1. The Bertz CT molecular complexity index is 733. The number of carbonyl (C=O) groups excluding carboxylic acids is 1. The minimum absolute atomic E-state index is 0.0686. The van der Waals surface area contributed by atoms with Gasteiger partial charge in [0, 0.05) is 10.6 Å². The molecule has 0 unspecified atom stereocenters. The standard InChI is InChI=1S/C14H8Cl2F3NO2/c1-22-13(21)12-6-8(15)5-11(20-12)9-3-2-7(4-10(9)16)14(17,18)19/h2-6H,1H3. The third-order valence-electron chi connectivity index (χ3n) is 2.76. The predicted octanol–water partition coefficient (Wildman–Crippen LogP) is 4.86. The van der Waals surface area contributed by atoms with Crippen LogP contribution in [0.2, 0.25) is 10.0 Å². The van der Waals surface area contributed by atoms with Gasteiger partial charge >= 0.3 is 12.1 Å². The van der Waals surface area contributed by atoms with Gasteiger partial charge in [0.25, 0.3) is 0 Å². The van der Waals surface area contributed by atoms with Crippen molar-refractivity contribution in [2.24, 2.45) is 0 Å². The van der Waals surface area contributed by atoms with Crippen LogP contribution in [0.4, 0.5) is 13.2 Å². The molecule has 8 heteroatoms. The normalized spacial score (nSPS) is 11.4. The quantitative estimate of drug-likeness (QED) is 0.726. The molecule has 0 spiro atoms. The van der Waals surface area contributed by atoms with Crippen LogP contribution in [-0.4, -0.2) is 18.1 Å². The van der Waals surface area contributed by atoms with Crippen LogP contribution in [0.5, 0.6) is 0 Å². The summed E-state index contributed by atoms with van der Waals surface area (Å²) in [6.45, 7) is 0. The van der Waals surface area contributed by atoms with E-state index >= 15 is 0 Å². The lowest BCUT2D eigenvalue weighted by Gasteiger charge is -2.10. The van der Waals surface area contributed by atoms with Gasteiger partial charge in [-0.25, -0.2) is 9.78 Å². The van der Waals surface area contributed by atoms with Gasteiger partial charge in [-0.15, -0.1) is 0 Å². The Balaban J connectivity index is 2.53. The molecule has 0 fully saturated rings. The highest BCUT2D eigenvalue weighted by Crippen LogP contribution is 2.35. The van der Waals surface area contributed by atoms with E-state index in [0.717, 1.165) is 12.1 Å². The van der Waals surface area contributed by atoms with Crippen molar-refractivity contribution in [2.75, 3.05) is 7.11 Å². The van der Waals surface area contributed by atoms with Crippen LogP contribution >= 0.6 is 23.2 Å². The summed E-state index contributed by atoms with van der Waals surface area (Å²) in [4.78, 5) is 15.5. The summed E-state index contributed by atoms with van der Waals surface area (Å²) < 4.78 is 42.4. The van der Waals surface area contributed by atoms with Gasteiger partial charge in [-0.05, 0) is 24.3 Å². The van der Waals surface area contributed by atoms with Crippen LogP contribution in [0.15, 0.2) is 30.3 Å². The molecule has 1 aromatic heterocycles. The summed E-state index contributed by atoms with van der Waals surface area (Å²) in [5.74, 6) is -0.716. The summed E-state index contributed by atoms with van der Waals surface area (Å²) in [6.07, 6.45) is -4.50. The zero-order chi connectivity index (χ0) is 16.5. The predicted molar refractivity (Wildman–Crippen MR) is 76.0 cm³/mol. The van der Waals surface area contributed by atoms with E-state index in [1.54, 1.807) is 0 Å². The van der Waals surface area contributed by atoms with Crippen molar-refractivity contribution in [3.63, 3.8) is 0 Å². The molecule has 1 heterocycles. The van der Waals surface area contributed by atoms with Crippen LogP contribution in [0.3, 0.4) is 0 Å². The van der Waals surface area contributed by atoms with Gasteiger partial charge in [0.2, 0.25) is 0 Å². The number of nitrogens with zero attached hydrogens (tertiary/aromatic N) is 1. The zero-order valence-electron chi connectivity index (χ0n) is 11.0. The number of hydrogen-bond donors (Lipinski definition) is 0. The summed E-state index contributed by atoms with van der Waals surface area (Å²) in [5.41, 5.74) is -0.550. The maximum Gasteiger partial charge on any atom is 0.416 e. The molecule has 0 aliphatic heterocycles. The number of esters is 1. The average Bonchev–Trinajstić information content (AvgIpc) is 2.44. The van der Waals surface area contributed by atoms with Crippen molar-refractivity contribution in [1.82, 2.24) is 4.98 Å². The summed E-state index contributed by atoms with van der Waals surface area (Å²) in [6, 6.07) is 5.52. The molecule has 0 saturated carbocycles. The van der Waals surface area contributed by atoms with Gasteiger partial charge in [0.1, 0.15) is 0 Å². The first-order valence-corrected chi connectivity index (χ1v) is 6.61. The highest BCUT2D eigenvalue weighted by Gasteiger charge is 2.31. The smallest absolute Gasteiger partial charge is 0.416 e. The number of alkyl halides is 3.